The number of aromatic amines is 1. The minimum absolute atomic E-state index is 0.0428. The molecule has 158 valence electrons. The van der Waals surface area contributed by atoms with E-state index in [4.69, 9.17) is 4.74 Å². The van der Waals surface area contributed by atoms with Gasteiger partial charge in [0, 0.05) is 5.56 Å². The minimum Gasteiger partial charge on any atom is -0.495 e. The molecule has 4 aromatic rings. The summed E-state index contributed by atoms with van der Waals surface area (Å²) < 4.78 is 33.5. The second kappa shape index (κ2) is 8.11. The van der Waals surface area contributed by atoms with Crippen molar-refractivity contribution in [3.05, 3.63) is 77.9 Å². The van der Waals surface area contributed by atoms with E-state index in [-0.39, 0.29) is 16.4 Å². The number of hydrogen-bond acceptors (Lipinski definition) is 5. The lowest BCUT2D eigenvalue weighted by Crippen LogP contribution is -2.17. The number of amides is 1. The third kappa shape index (κ3) is 4.22. The smallest absolute Gasteiger partial charge is 0.262 e. The van der Waals surface area contributed by atoms with Gasteiger partial charge in [-0.3, -0.25) is 14.8 Å². The first-order chi connectivity index (χ1) is 14.9. The van der Waals surface area contributed by atoms with Crippen molar-refractivity contribution in [2.75, 3.05) is 17.1 Å². The van der Waals surface area contributed by atoms with Crippen LogP contribution in [0.5, 0.6) is 5.75 Å². The topological polar surface area (TPSA) is 113 Å². The number of aromatic nitrogens is 2. The van der Waals surface area contributed by atoms with E-state index in [2.05, 4.69) is 20.0 Å². The number of imidazole rings is 1. The fraction of sp³-hybridized carbons (Fsp3) is 0.0909. The Kier molecular flexibility index (Phi) is 5.35. The maximum Gasteiger partial charge on any atom is 0.262 e. The average Bonchev–Trinajstić information content (AvgIpc) is 3.16. The van der Waals surface area contributed by atoms with Crippen LogP contribution in [0, 0.1) is 6.92 Å². The maximum absolute atomic E-state index is 12.9. The highest BCUT2D eigenvalue weighted by atomic mass is 32.2. The molecule has 31 heavy (non-hydrogen) atoms. The predicted octanol–water partition coefficient (Wildman–Crippen LogP) is 3.93. The van der Waals surface area contributed by atoms with Crippen LogP contribution in [0.3, 0.4) is 0 Å². The minimum atomic E-state index is -3.95. The Morgan fingerprint density at radius 1 is 1.03 bits per heavy atom. The number of ether oxygens (including phenoxy) is 1. The monoisotopic (exact) mass is 436 g/mol. The van der Waals surface area contributed by atoms with Crippen molar-refractivity contribution < 1.29 is 17.9 Å². The zero-order valence-electron chi connectivity index (χ0n) is 16.8. The van der Waals surface area contributed by atoms with Gasteiger partial charge in [-0.1, -0.05) is 30.3 Å². The molecule has 0 aliphatic carbocycles. The molecule has 9 heteroatoms. The first kappa shape index (κ1) is 20.4. The van der Waals surface area contributed by atoms with E-state index >= 15 is 0 Å². The summed E-state index contributed by atoms with van der Waals surface area (Å²) in [4.78, 5) is 20.1. The second-order valence-electron chi connectivity index (χ2n) is 6.84. The predicted molar refractivity (Wildman–Crippen MR) is 119 cm³/mol. The van der Waals surface area contributed by atoms with E-state index in [1.54, 1.807) is 37.3 Å². The van der Waals surface area contributed by atoms with Crippen LogP contribution in [-0.4, -0.2) is 31.4 Å². The molecule has 0 spiro atoms. The molecule has 4 rings (SSSR count). The molecule has 0 saturated heterocycles. The third-order valence-corrected chi connectivity index (χ3v) is 6.10. The van der Waals surface area contributed by atoms with Crippen LogP contribution in [0.1, 0.15) is 15.9 Å². The maximum atomic E-state index is 12.9. The molecule has 8 nitrogen and oxygen atoms in total. The van der Waals surface area contributed by atoms with Gasteiger partial charge in [-0.2, -0.15) is 0 Å². The lowest BCUT2D eigenvalue weighted by Gasteiger charge is -2.13. The molecule has 0 unspecified atom stereocenters. The number of carbonyl (C=O) groups is 1. The van der Waals surface area contributed by atoms with Gasteiger partial charge in [-0.05, 0) is 48.9 Å². The van der Waals surface area contributed by atoms with Gasteiger partial charge in [0.2, 0.25) is 5.95 Å². The van der Waals surface area contributed by atoms with Crippen molar-refractivity contribution in [3.8, 4) is 5.75 Å². The molecule has 1 amide bonds. The zero-order valence-corrected chi connectivity index (χ0v) is 17.7. The molecule has 0 saturated carbocycles. The van der Waals surface area contributed by atoms with Crippen LogP contribution in [0.25, 0.3) is 11.0 Å². The quantitative estimate of drug-likeness (QED) is 0.424. The van der Waals surface area contributed by atoms with Crippen molar-refractivity contribution >= 4 is 38.6 Å². The first-order valence-corrected chi connectivity index (χ1v) is 10.9. The van der Waals surface area contributed by atoms with E-state index in [9.17, 15) is 13.2 Å². The number of methoxy groups -OCH3 is 1. The molecule has 0 fully saturated rings. The van der Waals surface area contributed by atoms with Crippen LogP contribution < -0.4 is 14.8 Å². The van der Waals surface area contributed by atoms with Gasteiger partial charge in [0.25, 0.3) is 15.9 Å². The molecule has 1 heterocycles. The summed E-state index contributed by atoms with van der Waals surface area (Å²) in [5, 5.41) is 2.69. The number of benzene rings is 3. The number of hydrogen-bond donors (Lipinski definition) is 3. The van der Waals surface area contributed by atoms with Gasteiger partial charge in [0.1, 0.15) is 5.75 Å². The summed E-state index contributed by atoms with van der Waals surface area (Å²) in [7, 11) is -2.49. The number of sulfonamides is 1. The Balaban J connectivity index is 1.62. The summed E-state index contributed by atoms with van der Waals surface area (Å²) in [6.45, 7) is 1.73. The normalized spacial score (nSPS) is 11.3. The second-order valence-corrected chi connectivity index (χ2v) is 8.52. The summed E-state index contributed by atoms with van der Waals surface area (Å²) in [5.74, 6) is 0.206. The Hall–Kier alpha value is -3.85. The number of para-hydroxylation sites is 4. The Morgan fingerprint density at radius 3 is 2.55 bits per heavy atom. The van der Waals surface area contributed by atoms with Crippen molar-refractivity contribution in [1.29, 1.82) is 0 Å². The van der Waals surface area contributed by atoms with Gasteiger partial charge >= 0.3 is 0 Å². The lowest BCUT2D eigenvalue weighted by atomic mass is 10.1. The van der Waals surface area contributed by atoms with E-state index < -0.39 is 15.9 Å². The third-order valence-electron chi connectivity index (χ3n) is 4.74. The van der Waals surface area contributed by atoms with Crippen LogP contribution in [0.4, 0.5) is 11.6 Å². The van der Waals surface area contributed by atoms with Crippen molar-refractivity contribution in [2.45, 2.75) is 11.8 Å². The number of nitrogens with one attached hydrogen (secondary N) is 3. The van der Waals surface area contributed by atoms with Crippen molar-refractivity contribution in [1.82, 2.24) is 9.97 Å². The molecule has 1 aromatic heterocycles. The highest BCUT2D eigenvalue weighted by Crippen LogP contribution is 2.27. The molecular weight excluding hydrogens is 416 g/mol. The SMILES string of the molecule is COc1ccccc1NS(=O)(=O)c1ccc(C)c(C(=O)Nc2nc3ccccc3[nH]2)c1. The zero-order chi connectivity index (χ0) is 22.0. The van der Waals surface area contributed by atoms with Gasteiger partial charge in [0.05, 0.1) is 28.7 Å². The van der Waals surface area contributed by atoms with Gasteiger partial charge < -0.3 is 9.72 Å². The number of nitrogens with zero attached hydrogens (tertiary/aromatic N) is 1. The van der Waals surface area contributed by atoms with E-state index in [1.165, 1.54) is 19.2 Å². The summed E-state index contributed by atoms with van der Waals surface area (Å²) in [6, 6.07) is 18.4. The Labute approximate surface area is 179 Å². The summed E-state index contributed by atoms with van der Waals surface area (Å²) in [6.07, 6.45) is 0. The largest absolute Gasteiger partial charge is 0.495 e. The molecule has 0 bridgehead atoms. The highest BCUT2D eigenvalue weighted by Gasteiger charge is 2.20. The fourth-order valence-corrected chi connectivity index (χ4v) is 4.23. The van der Waals surface area contributed by atoms with Crippen LogP contribution in [0.2, 0.25) is 0 Å². The fourth-order valence-electron chi connectivity index (χ4n) is 3.13. The van der Waals surface area contributed by atoms with E-state index in [0.717, 1.165) is 5.52 Å². The molecule has 0 atom stereocenters. The molecule has 3 aromatic carbocycles. The number of anilines is 2. The van der Waals surface area contributed by atoms with Gasteiger partial charge in [-0.25, -0.2) is 13.4 Å². The van der Waals surface area contributed by atoms with Crippen molar-refractivity contribution in [3.63, 3.8) is 0 Å². The number of aryl methyl sites for hydroxylation is 1. The van der Waals surface area contributed by atoms with E-state index in [0.29, 0.717) is 22.5 Å². The molecule has 0 aliphatic heterocycles. The van der Waals surface area contributed by atoms with Crippen LogP contribution in [0.15, 0.2) is 71.6 Å². The number of fused-ring (bicyclic) bond motifs is 1. The summed E-state index contributed by atoms with van der Waals surface area (Å²) >= 11 is 0. The van der Waals surface area contributed by atoms with Crippen LogP contribution >= 0.6 is 0 Å². The molecule has 0 radical (unpaired) electrons. The Morgan fingerprint density at radius 2 is 1.77 bits per heavy atom. The average molecular weight is 436 g/mol. The van der Waals surface area contributed by atoms with Gasteiger partial charge in [-0.15, -0.1) is 0 Å². The lowest BCUT2D eigenvalue weighted by molar-refractivity contribution is 0.102. The van der Waals surface area contributed by atoms with Crippen LogP contribution in [-0.2, 0) is 10.0 Å². The number of H-pyrrole nitrogens is 1. The van der Waals surface area contributed by atoms with Crippen molar-refractivity contribution in [2.24, 2.45) is 0 Å². The first-order valence-electron chi connectivity index (χ1n) is 9.40. The standard InChI is InChI=1S/C22H20N4O4S/c1-14-11-12-15(31(28,29)26-19-9-5-6-10-20(19)30-2)13-16(14)21(27)25-22-23-17-7-3-4-8-18(17)24-22/h3-13,26H,1-2H3,(H2,23,24,25,27). The van der Waals surface area contributed by atoms with E-state index in [1.807, 2.05) is 24.3 Å². The van der Waals surface area contributed by atoms with Gasteiger partial charge in [0.15, 0.2) is 0 Å². The molecule has 3 N–H and O–H groups in total. The number of rotatable bonds is 6. The molecular formula is C22H20N4O4S. The Bertz CT molecular complexity index is 1350. The highest BCUT2D eigenvalue weighted by molar-refractivity contribution is 7.92. The molecule has 0 aliphatic rings. The number of carbonyl (C=O) groups excluding carboxylic acids is 1. The summed E-state index contributed by atoms with van der Waals surface area (Å²) in [5.41, 5.74) is 2.66.